The highest BCUT2D eigenvalue weighted by Crippen LogP contribution is 1.98. The molecule has 0 aromatic heterocycles. The lowest BCUT2D eigenvalue weighted by molar-refractivity contribution is 0.0887. The molecule has 0 aliphatic rings. The monoisotopic (exact) mass is 142 g/mol. The summed E-state index contributed by atoms with van der Waals surface area (Å²) in [5, 5.41) is 8.03. The van der Waals surface area contributed by atoms with Crippen molar-refractivity contribution < 1.29 is 14.6 Å². The number of carbonyl (C=O) groups is 1. The molecule has 0 saturated carbocycles. The molecule has 0 bridgehead atoms. The van der Waals surface area contributed by atoms with Crippen LogP contribution >= 0.6 is 0 Å². The van der Waals surface area contributed by atoms with Gasteiger partial charge < -0.3 is 9.84 Å². The van der Waals surface area contributed by atoms with E-state index in [9.17, 15) is 4.79 Å². The van der Waals surface area contributed by atoms with Gasteiger partial charge in [-0.3, -0.25) is 0 Å². The van der Waals surface area contributed by atoms with Gasteiger partial charge in [-0.1, -0.05) is 6.92 Å². The summed E-state index contributed by atoms with van der Waals surface area (Å²) in [5.74, 6) is 2.55. The SMILES string of the molecule is C#CC(C)CCOC(=O)O. The van der Waals surface area contributed by atoms with Crippen molar-refractivity contribution in [2.45, 2.75) is 13.3 Å². The molecule has 1 atom stereocenters. The first-order valence-corrected chi connectivity index (χ1v) is 2.98. The third kappa shape index (κ3) is 4.98. The maximum Gasteiger partial charge on any atom is 0.505 e. The highest BCUT2D eigenvalue weighted by molar-refractivity contribution is 5.56. The average molecular weight is 142 g/mol. The summed E-state index contributed by atoms with van der Waals surface area (Å²) in [5.41, 5.74) is 0. The lowest BCUT2D eigenvalue weighted by Gasteiger charge is -2.01. The molecule has 0 rings (SSSR count). The van der Waals surface area contributed by atoms with Crippen molar-refractivity contribution >= 4 is 6.16 Å². The molecule has 10 heavy (non-hydrogen) atoms. The van der Waals surface area contributed by atoms with Crippen LogP contribution in [-0.4, -0.2) is 17.9 Å². The standard InChI is InChI=1S/C7H10O3/c1-3-6(2)4-5-10-7(8)9/h1,6H,4-5H2,2H3,(H,8,9). The Labute approximate surface area is 60.0 Å². The Hall–Kier alpha value is -1.17. The molecule has 56 valence electrons. The predicted molar refractivity (Wildman–Crippen MR) is 36.6 cm³/mol. The van der Waals surface area contributed by atoms with Gasteiger partial charge in [-0.2, -0.15) is 0 Å². The van der Waals surface area contributed by atoms with Gasteiger partial charge in [0, 0.05) is 5.92 Å². The van der Waals surface area contributed by atoms with Gasteiger partial charge in [-0.25, -0.2) is 4.79 Å². The molecule has 0 aromatic rings. The highest BCUT2D eigenvalue weighted by Gasteiger charge is 1.99. The van der Waals surface area contributed by atoms with Crippen LogP contribution in [0, 0.1) is 18.3 Å². The Kier molecular flexibility index (Phi) is 4.14. The topological polar surface area (TPSA) is 46.5 Å². The average Bonchev–Trinajstić information content (AvgIpc) is 1.87. The summed E-state index contributed by atoms with van der Waals surface area (Å²) in [6.45, 7) is 2.02. The Morgan fingerprint density at radius 1 is 1.90 bits per heavy atom. The Morgan fingerprint density at radius 2 is 2.50 bits per heavy atom. The minimum absolute atomic E-state index is 0.0827. The smallest absolute Gasteiger partial charge is 0.450 e. The fourth-order valence-corrected chi connectivity index (χ4v) is 0.406. The van der Waals surface area contributed by atoms with Gasteiger partial charge >= 0.3 is 6.16 Å². The summed E-state index contributed by atoms with van der Waals surface area (Å²) >= 11 is 0. The molecule has 3 nitrogen and oxygen atoms in total. The van der Waals surface area contributed by atoms with Gasteiger partial charge in [0.2, 0.25) is 0 Å². The Bertz CT molecular complexity index is 145. The van der Waals surface area contributed by atoms with E-state index in [1.807, 2.05) is 6.92 Å². The number of carboxylic acid groups (broad SMARTS) is 1. The van der Waals surface area contributed by atoms with Gasteiger partial charge in [0.1, 0.15) is 0 Å². The second kappa shape index (κ2) is 4.68. The van der Waals surface area contributed by atoms with Gasteiger partial charge in [0.25, 0.3) is 0 Å². The van der Waals surface area contributed by atoms with Crippen LogP contribution in [0.3, 0.4) is 0 Å². The summed E-state index contributed by atoms with van der Waals surface area (Å²) in [7, 11) is 0. The minimum Gasteiger partial charge on any atom is -0.450 e. The van der Waals surface area contributed by atoms with E-state index in [-0.39, 0.29) is 12.5 Å². The molecular weight excluding hydrogens is 132 g/mol. The minimum atomic E-state index is -1.25. The zero-order chi connectivity index (χ0) is 7.98. The predicted octanol–water partition coefficient (Wildman–Crippen LogP) is 1.34. The summed E-state index contributed by atoms with van der Waals surface area (Å²) < 4.78 is 4.24. The van der Waals surface area contributed by atoms with Crippen molar-refractivity contribution in [2.24, 2.45) is 5.92 Å². The van der Waals surface area contributed by atoms with E-state index < -0.39 is 6.16 Å². The van der Waals surface area contributed by atoms with E-state index in [0.29, 0.717) is 6.42 Å². The number of hydrogen-bond acceptors (Lipinski definition) is 2. The lowest BCUT2D eigenvalue weighted by Crippen LogP contribution is -2.04. The molecule has 0 aliphatic heterocycles. The molecule has 0 heterocycles. The number of terminal acetylenes is 1. The van der Waals surface area contributed by atoms with E-state index >= 15 is 0 Å². The van der Waals surface area contributed by atoms with Gasteiger partial charge in [0.05, 0.1) is 6.61 Å². The molecule has 0 radical (unpaired) electrons. The number of hydrogen-bond donors (Lipinski definition) is 1. The fourth-order valence-electron chi connectivity index (χ4n) is 0.406. The van der Waals surface area contributed by atoms with Crippen molar-refractivity contribution in [3.05, 3.63) is 0 Å². The Balaban J connectivity index is 3.22. The summed E-state index contributed by atoms with van der Waals surface area (Å²) in [4.78, 5) is 9.80. The zero-order valence-corrected chi connectivity index (χ0v) is 5.83. The molecule has 0 aliphatic carbocycles. The van der Waals surface area contributed by atoms with Gasteiger partial charge in [-0.05, 0) is 6.42 Å². The van der Waals surface area contributed by atoms with Gasteiger partial charge in [0.15, 0.2) is 0 Å². The first kappa shape index (κ1) is 8.83. The largest absolute Gasteiger partial charge is 0.505 e. The number of ether oxygens (including phenoxy) is 1. The molecule has 0 fully saturated rings. The molecular formula is C7H10O3. The molecule has 0 saturated heterocycles. The summed E-state index contributed by atoms with van der Waals surface area (Å²) in [6.07, 6.45) is 4.38. The third-order valence-corrected chi connectivity index (χ3v) is 1.06. The third-order valence-electron chi connectivity index (χ3n) is 1.06. The normalized spacial score (nSPS) is 11.6. The maximum absolute atomic E-state index is 9.80. The quantitative estimate of drug-likeness (QED) is 0.477. The Morgan fingerprint density at radius 3 is 2.90 bits per heavy atom. The van der Waals surface area contributed by atoms with E-state index in [2.05, 4.69) is 10.7 Å². The second-order valence-corrected chi connectivity index (χ2v) is 1.97. The van der Waals surface area contributed by atoms with Crippen LogP contribution in [0.15, 0.2) is 0 Å². The molecule has 1 N–H and O–H groups in total. The first-order chi connectivity index (χ1) is 4.66. The van der Waals surface area contributed by atoms with E-state index in [4.69, 9.17) is 11.5 Å². The maximum atomic E-state index is 9.80. The van der Waals surface area contributed by atoms with Crippen LogP contribution < -0.4 is 0 Å². The van der Waals surface area contributed by atoms with Crippen LogP contribution in [0.2, 0.25) is 0 Å². The zero-order valence-electron chi connectivity index (χ0n) is 5.83. The van der Waals surface area contributed by atoms with Crippen LogP contribution in [0.25, 0.3) is 0 Å². The lowest BCUT2D eigenvalue weighted by atomic mass is 10.1. The molecule has 0 spiro atoms. The van der Waals surface area contributed by atoms with E-state index in [1.54, 1.807) is 0 Å². The van der Waals surface area contributed by atoms with Gasteiger partial charge in [-0.15, -0.1) is 12.3 Å². The molecule has 0 amide bonds. The summed E-state index contributed by atoms with van der Waals surface area (Å²) in [6, 6.07) is 0. The molecule has 1 unspecified atom stereocenters. The van der Waals surface area contributed by atoms with E-state index in [0.717, 1.165) is 0 Å². The highest BCUT2D eigenvalue weighted by atomic mass is 16.7. The van der Waals surface area contributed by atoms with Crippen molar-refractivity contribution in [1.29, 1.82) is 0 Å². The van der Waals surface area contributed by atoms with Crippen molar-refractivity contribution in [3.8, 4) is 12.3 Å². The molecule has 0 aromatic carbocycles. The van der Waals surface area contributed by atoms with Crippen LogP contribution in [0.5, 0.6) is 0 Å². The van der Waals surface area contributed by atoms with Crippen LogP contribution in [0.4, 0.5) is 4.79 Å². The fraction of sp³-hybridized carbons (Fsp3) is 0.571. The van der Waals surface area contributed by atoms with Crippen LogP contribution in [0.1, 0.15) is 13.3 Å². The second-order valence-electron chi connectivity index (χ2n) is 1.97. The van der Waals surface area contributed by atoms with Crippen molar-refractivity contribution in [3.63, 3.8) is 0 Å². The molecule has 3 heteroatoms. The van der Waals surface area contributed by atoms with Crippen LogP contribution in [-0.2, 0) is 4.74 Å². The van der Waals surface area contributed by atoms with E-state index in [1.165, 1.54) is 0 Å². The van der Waals surface area contributed by atoms with Crippen molar-refractivity contribution in [1.82, 2.24) is 0 Å². The number of rotatable bonds is 3. The van der Waals surface area contributed by atoms with Crippen molar-refractivity contribution in [2.75, 3.05) is 6.61 Å². The first-order valence-electron chi connectivity index (χ1n) is 2.98.